The predicted octanol–water partition coefficient (Wildman–Crippen LogP) is 3.04. The van der Waals surface area contributed by atoms with Crippen LogP contribution >= 0.6 is 0 Å². The van der Waals surface area contributed by atoms with Gasteiger partial charge in [0.1, 0.15) is 12.4 Å². The van der Waals surface area contributed by atoms with Crippen LogP contribution in [0.4, 0.5) is 5.69 Å². The van der Waals surface area contributed by atoms with Crippen molar-refractivity contribution in [3.8, 4) is 17.5 Å². The second kappa shape index (κ2) is 6.83. The van der Waals surface area contributed by atoms with E-state index in [0.29, 0.717) is 24.1 Å². The Morgan fingerprint density at radius 3 is 2.43 bits per heavy atom. The minimum absolute atomic E-state index is 0.0108. The van der Waals surface area contributed by atoms with Crippen LogP contribution in [-0.4, -0.2) is 18.2 Å². The highest BCUT2D eigenvalue weighted by Crippen LogP contribution is 2.23. The summed E-state index contributed by atoms with van der Waals surface area (Å²) >= 11 is 0. The third kappa shape index (κ3) is 4.27. The van der Waals surface area contributed by atoms with Crippen molar-refractivity contribution in [1.29, 1.82) is 0 Å². The second-order valence-corrected chi connectivity index (χ2v) is 4.85. The molecule has 5 heteroatoms. The van der Waals surface area contributed by atoms with E-state index in [-0.39, 0.29) is 6.10 Å². The number of anilines is 1. The van der Waals surface area contributed by atoms with Crippen molar-refractivity contribution < 1.29 is 14.2 Å². The SMILES string of the molecule is COc1ccc(COc2ccc(N)c(OC(C)C)n2)cc1. The van der Waals surface area contributed by atoms with E-state index < -0.39 is 0 Å². The molecule has 1 aromatic heterocycles. The van der Waals surface area contributed by atoms with Crippen molar-refractivity contribution in [3.63, 3.8) is 0 Å². The average Bonchev–Trinajstić information content (AvgIpc) is 2.48. The Labute approximate surface area is 124 Å². The number of aromatic nitrogens is 1. The third-order valence-corrected chi connectivity index (χ3v) is 2.76. The number of rotatable bonds is 6. The predicted molar refractivity (Wildman–Crippen MR) is 81.7 cm³/mol. The normalized spacial score (nSPS) is 10.5. The standard InChI is InChI=1S/C16H20N2O3/c1-11(2)21-16-14(17)8-9-15(18-16)20-10-12-4-6-13(19-3)7-5-12/h4-9,11H,10,17H2,1-3H3. The maximum atomic E-state index is 5.82. The summed E-state index contributed by atoms with van der Waals surface area (Å²) < 4.78 is 16.3. The maximum Gasteiger partial charge on any atom is 0.240 e. The number of benzene rings is 1. The summed E-state index contributed by atoms with van der Waals surface area (Å²) in [7, 11) is 1.64. The lowest BCUT2D eigenvalue weighted by molar-refractivity contribution is 0.226. The molecular formula is C16H20N2O3. The Hall–Kier alpha value is -2.43. The van der Waals surface area contributed by atoms with Gasteiger partial charge in [0.2, 0.25) is 11.8 Å². The summed E-state index contributed by atoms with van der Waals surface area (Å²) in [6.07, 6.45) is 0.0108. The van der Waals surface area contributed by atoms with Crippen molar-refractivity contribution in [2.75, 3.05) is 12.8 Å². The molecule has 0 spiro atoms. The van der Waals surface area contributed by atoms with Crippen molar-refractivity contribution in [2.45, 2.75) is 26.6 Å². The summed E-state index contributed by atoms with van der Waals surface area (Å²) in [6.45, 7) is 4.26. The van der Waals surface area contributed by atoms with E-state index in [1.54, 1.807) is 19.2 Å². The molecule has 5 nitrogen and oxygen atoms in total. The van der Waals surface area contributed by atoms with Crippen molar-refractivity contribution in [1.82, 2.24) is 4.98 Å². The van der Waals surface area contributed by atoms with Gasteiger partial charge < -0.3 is 19.9 Å². The zero-order chi connectivity index (χ0) is 15.2. The van der Waals surface area contributed by atoms with Crippen molar-refractivity contribution in [3.05, 3.63) is 42.0 Å². The van der Waals surface area contributed by atoms with Crippen LogP contribution in [0.3, 0.4) is 0 Å². The Morgan fingerprint density at radius 2 is 1.81 bits per heavy atom. The molecule has 2 aromatic rings. The molecule has 0 saturated heterocycles. The Balaban J connectivity index is 2.02. The first kappa shape index (κ1) is 15.0. The molecule has 0 fully saturated rings. The zero-order valence-electron chi connectivity index (χ0n) is 12.5. The van der Waals surface area contributed by atoms with E-state index in [0.717, 1.165) is 11.3 Å². The van der Waals surface area contributed by atoms with E-state index in [9.17, 15) is 0 Å². The van der Waals surface area contributed by atoms with Gasteiger partial charge in [-0.05, 0) is 37.6 Å². The summed E-state index contributed by atoms with van der Waals surface area (Å²) in [4.78, 5) is 4.27. The van der Waals surface area contributed by atoms with Crippen LogP contribution in [0, 0.1) is 0 Å². The maximum absolute atomic E-state index is 5.82. The fraction of sp³-hybridized carbons (Fsp3) is 0.312. The van der Waals surface area contributed by atoms with Crippen LogP contribution in [-0.2, 0) is 6.61 Å². The van der Waals surface area contributed by atoms with Crippen molar-refractivity contribution >= 4 is 5.69 Å². The molecule has 0 unspecified atom stereocenters. The fourth-order valence-electron chi connectivity index (χ4n) is 1.71. The first-order valence-electron chi connectivity index (χ1n) is 6.77. The summed E-state index contributed by atoms with van der Waals surface area (Å²) in [5.74, 6) is 1.70. The Kier molecular flexibility index (Phi) is 4.87. The van der Waals surface area contributed by atoms with Crippen LogP contribution < -0.4 is 19.9 Å². The molecule has 0 atom stereocenters. The monoisotopic (exact) mass is 288 g/mol. The minimum Gasteiger partial charge on any atom is -0.497 e. The summed E-state index contributed by atoms with van der Waals surface area (Å²) in [5.41, 5.74) is 7.35. The number of hydrogen-bond donors (Lipinski definition) is 1. The van der Waals surface area contributed by atoms with Crippen LogP contribution in [0.5, 0.6) is 17.5 Å². The topological polar surface area (TPSA) is 66.6 Å². The fourth-order valence-corrected chi connectivity index (χ4v) is 1.71. The minimum atomic E-state index is 0.0108. The number of pyridine rings is 1. The van der Waals surface area contributed by atoms with Gasteiger partial charge in [-0.25, -0.2) is 0 Å². The van der Waals surface area contributed by atoms with E-state index >= 15 is 0 Å². The number of nitrogen functional groups attached to an aromatic ring is 1. The molecule has 0 aliphatic heterocycles. The molecule has 21 heavy (non-hydrogen) atoms. The van der Waals surface area contributed by atoms with E-state index in [1.807, 2.05) is 38.1 Å². The number of ether oxygens (including phenoxy) is 3. The molecular weight excluding hydrogens is 268 g/mol. The Morgan fingerprint density at radius 1 is 1.10 bits per heavy atom. The van der Waals surface area contributed by atoms with Gasteiger partial charge in [-0.15, -0.1) is 0 Å². The van der Waals surface area contributed by atoms with Crippen LogP contribution in [0.15, 0.2) is 36.4 Å². The van der Waals surface area contributed by atoms with Gasteiger partial charge in [0.25, 0.3) is 0 Å². The summed E-state index contributed by atoms with van der Waals surface area (Å²) in [5, 5.41) is 0. The lowest BCUT2D eigenvalue weighted by atomic mass is 10.2. The van der Waals surface area contributed by atoms with E-state index in [1.165, 1.54) is 0 Å². The zero-order valence-corrected chi connectivity index (χ0v) is 12.5. The molecule has 1 aromatic carbocycles. The molecule has 0 radical (unpaired) electrons. The molecule has 0 aliphatic rings. The number of methoxy groups -OCH3 is 1. The van der Waals surface area contributed by atoms with E-state index in [2.05, 4.69) is 4.98 Å². The number of nitrogens with zero attached hydrogens (tertiary/aromatic N) is 1. The second-order valence-electron chi connectivity index (χ2n) is 4.85. The largest absolute Gasteiger partial charge is 0.497 e. The third-order valence-electron chi connectivity index (χ3n) is 2.76. The quantitative estimate of drug-likeness (QED) is 0.885. The highest BCUT2D eigenvalue weighted by atomic mass is 16.5. The van der Waals surface area contributed by atoms with Crippen LogP contribution in [0.2, 0.25) is 0 Å². The smallest absolute Gasteiger partial charge is 0.240 e. The van der Waals surface area contributed by atoms with E-state index in [4.69, 9.17) is 19.9 Å². The van der Waals surface area contributed by atoms with Gasteiger partial charge in [-0.2, -0.15) is 4.98 Å². The molecule has 2 N–H and O–H groups in total. The Bertz CT molecular complexity index is 583. The molecule has 112 valence electrons. The molecule has 0 amide bonds. The molecule has 0 saturated carbocycles. The highest BCUT2D eigenvalue weighted by molar-refractivity contribution is 5.49. The van der Waals surface area contributed by atoms with Gasteiger partial charge >= 0.3 is 0 Å². The molecule has 2 rings (SSSR count). The summed E-state index contributed by atoms with van der Waals surface area (Å²) in [6, 6.07) is 11.1. The van der Waals surface area contributed by atoms with Crippen molar-refractivity contribution in [2.24, 2.45) is 0 Å². The lowest BCUT2D eigenvalue weighted by Gasteiger charge is -2.12. The number of nitrogens with two attached hydrogens (primary N) is 1. The molecule has 0 bridgehead atoms. The number of hydrogen-bond acceptors (Lipinski definition) is 5. The average molecular weight is 288 g/mol. The lowest BCUT2D eigenvalue weighted by Crippen LogP contribution is -2.09. The van der Waals surface area contributed by atoms with Crippen LogP contribution in [0.25, 0.3) is 0 Å². The van der Waals surface area contributed by atoms with Gasteiger partial charge in [0.05, 0.1) is 18.9 Å². The first-order valence-corrected chi connectivity index (χ1v) is 6.77. The van der Waals surface area contributed by atoms with Gasteiger partial charge in [-0.3, -0.25) is 0 Å². The van der Waals surface area contributed by atoms with Gasteiger partial charge in [0, 0.05) is 6.07 Å². The van der Waals surface area contributed by atoms with Crippen LogP contribution in [0.1, 0.15) is 19.4 Å². The molecule has 0 aliphatic carbocycles. The first-order chi connectivity index (χ1) is 10.1. The molecule has 1 heterocycles. The van der Waals surface area contributed by atoms with Gasteiger partial charge in [-0.1, -0.05) is 12.1 Å². The highest BCUT2D eigenvalue weighted by Gasteiger charge is 2.07. The van der Waals surface area contributed by atoms with Gasteiger partial charge in [0.15, 0.2) is 0 Å².